The Labute approximate surface area is 56.8 Å². The number of halogens is 2. The molecule has 0 bridgehead atoms. The summed E-state index contributed by atoms with van der Waals surface area (Å²) in [6.45, 7) is 1.33. The molecule has 1 unspecified atom stereocenters. The highest BCUT2D eigenvalue weighted by atomic mass is 79.9. The molecule has 0 radical (unpaired) electrons. The second-order valence-corrected chi connectivity index (χ2v) is 2.77. The molecule has 1 saturated heterocycles. The Morgan fingerprint density at radius 1 is 1.75 bits per heavy atom. The standard InChI is InChI=1S/C5H9BrFN/c6-3-5(7)1-2-8-4-5/h8H,1-4H2. The van der Waals surface area contributed by atoms with Crippen molar-refractivity contribution in [2.24, 2.45) is 0 Å². The Balaban J connectivity index is 2.40. The van der Waals surface area contributed by atoms with Crippen LogP contribution in [0.15, 0.2) is 0 Å². The van der Waals surface area contributed by atoms with Gasteiger partial charge in [0.15, 0.2) is 0 Å². The fourth-order valence-corrected chi connectivity index (χ4v) is 1.31. The minimum absolute atomic E-state index is 0.465. The Morgan fingerprint density at radius 2 is 2.50 bits per heavy atom. The summed E-state index contributed by atoms with van der Waals surface area (Å²) < 4.78 is 12.9. The summed E-state index contributed by atoms with van der Waals surface area (Å²) in [6, 6.07) is 0. The van der Waals surface area contributed by atoms with Crippen LogP contribution in [-0.2, 0) is 0 Å². The molecule has 3 heteroatoms. The molecule has 0 aromatic rings. The van der Waals surface area contributed by atoms with E-state index in [0.717, 1.165) is 6.54 Å². The van der Waals surface area contributed by atoms with Gasteiger partial charge < -0.3 is 5.32 Å². The van der Waals surface area contributed by atoms with Crippen LogP contribution in [-0.4, -0.2) is 24.1 Å². The van der Waals surface area contributed by atoms with Crippen LogP contribution in [0.5, 0.6) is 0 Å². The van der Waals surface area contributed by atoms with Gasteiger partial charge >= 0.3 is 0 Å². The number of rotatable bonds is 1. The van der Waals surface area contributed by atoms with Gasteiger partial charge in [0.25, 0.3) is 0 Å². The number of hydrogen-bond donors (Lipinski definition) is 1. The van der Waals surface area contributed by atoms with Gasteiger partial charge in [0.05, 0.1) is 0 Å². The van der Waals surface area contributed by atoms with E-state index in [9.17, 15) is 4.39 Å². The van der Waals surface area contributed by atoms with Crippen molar-refractivity contribution in [3.63, 3.8) is 0 Å². The normalized spacial score (nSPS) is 38.2. The highest BCUT2D eigenvalue weighted by Crippen LogP contribution is 2.21. The van der Waals surface area contributed by atoms with Crippen LogP contribution in [0.1, 0.15) is 6.42 Å². The van der Waals surface area contributed by atoms with Gasteiger partial charge in [0.1, 0.15) is 5.67 Å². The Bertz CT molecular complexity index is 80.5. The lowest BCUT2D eigenvalue weighted by Crippen LogP contribution is -2.27. The quantitative estimate of drug-likeness (QED) is 0.598. The van der Waals surface area contributed by atoms with Crippen LogP contribution in [0.2, 0.25) is 0 Å². The lowest BCUT2D eigenvalue weighted by atomic mass is 10.1. The SMILES string of the molecule is FC1(CBr)CCNC1. The number of hydrogen-bond acceptors (Lipinski definition) is 1. The summed E-state index contributed by atoms with van der Waals surface area (Å²) in [7, 11) is 0. The monoisotopic (exact) mass is 181 g/mol. The summed E-state index contributed by atoms with van der Waals surface area (Å²) in [5.74, 6) is 0. The van der Waals surface area contributed by atoms with Gasteiger partial charge in [-0.25, -0.2) is 4.39 Å². The molecule has 0 amide bonds. The molecule has 1 rings (SSSR count). The zero-order chi connectivity index (χ0) is 6.04. The second-order valence-electron chi connectivity index (χ2n) is 2.21. The molecule has 1 heterocycles. The van der Waals surface area contributed by atoms with Gasteiger partial charge in [-0.3, -0.25) is 0 Å². The third-order valence-corrected chi connectivity index (χ3v) is 2.44. The molecule has 0 aliphatic carbocycles. The average molecular weight is 182 g/mol. The molecular weight excluding hydrogens is 173 g/mol. The van der Waals surface area contributed by atoms with Crippen molar-refractivity contribution in [1.29, 1.82) is 0 Å². The maximum atomic E-state index is 12.9. The first-order valence-electron chi connectivity index (χ1n) is 2.72. The third-order valence-electron chi connectivity index (χ3n) is 1.43. The smallest absolute Gasteiger partial charge is 0.134 e. The first-order valence-corrected chi connectivity index (χ1v) is 3.85. The van der Waals surface area contributed by atoms with Crippen molar-refractivity contribution in [1.82, 2.24) is 5.32 Å². The van der Waals surface area contributed by atoms with E-state index in [2.05, 4.69) is 21.2 Å². The predicted octanol–water partition coefficient (Wildman–Crippen LogP) is 1.08. The van der Waals surface area contributed by atoms with E-state index < -0.39 is 5.67 Å². The Kier molecular flexibility index (Phi) is 1.88. The molecule has 1 N–H and O–H groups in total. The zero-order valence-corrected chi connectivity index (χ0v) is 6.17. The maximum Gasteiger partial charge on any atom is 0.134 e. The van der Waals surface area contributed by atoms with Gasteiger partial charge in [-0.1, -0.05) is 15.9 Å². The van der Waals surface area contributed by atoms with E-state index in [1.807, 2.05) is 0 Å². The van der Waals surface area contributed by atoms with Gasteiger partial charge in [0, 0.05) is 11.9 Å². The van der Waals surface area contributed by atoms with Crippen molar-refractivity contribution >= 4 is 15.9 Å². The molecule has 1 aliphatic rings. The molecule has 8 heavy (non-hydrogen) atoms. The molecule has 48 valence electrons. The lowest BCUT2D eigenvalue weighted by Gasteiger charge is -2.12. The van der Waals surface area contributed by atoms with Crippen LogP contribution in [0.4, 0.5) is 4.39 Å². The molecule has 1 atom stereocenters. The Morgan fingerprint density at radius 3 is 2.75 bits per heavy atom. The van der Waals surface area contributed by atoms with Crippen LogP contribution in [0.3, 0.4) is 0 Å². The Hall–Kier alpha value is 0.370. The summed E-state index contributed by atoms with van der Waals surface area (Å²) in [6.07, 6.45) is 0.651. The van der Waals surface area contributed by atoms with Crippen molar-refractivity contribution in [2.45, 2.75) is 12.1 Å². The van der Waals surface area contributed by atoms with E-state index in [4.69, 9.17) is 0 Å². The van der Waals surface area contributed by atoms with Crippen molar-refractivity contribution < 1.29 is 4.39 Å². The minimum atomic E-state index is -0.958. The first kappa shape index (κ1) is 6.49. The van der Waals surface area contributed by atoms with E-state index in [-0.39, 0.29) is 0 Å². The minimum Gasteiger partial charge on any atom is -0.313 e. The highest BCUT2D eigenvalue weighted by Gasteiger charge is 2.31. The van der Waals surface area contributed by atoms with E-state index in [0.29, 0.717) is 18.3 Å². The third kappa shape index (κ3) is 1.20. The number of nitrogens with one attached hydrogen (secondary N) is 1. The summed E-state index contributed by atoms with van der Waals surface area (Å²) in [5.41, 5.74) is -0.958. The molecule has 0 saturated carbocycles. The molecule has 0 aromatic carbocycles. The fourth-order valence-electron chi connectivity index (χ4n) is 0.827. The van der Waals surface area contributed by atoms with Crippen molar-refractivity contribution in [3.8, 4) is 0 Å². The average Bonchev–Trinajstić information content (AvgIpc) is 2.17. The summed E-state index contributed by atoms with van der Waals surface area (Å²) in [5, 5.41) is 3.42. The van der Waals surface area contributed by atoms with Crippen LogP contribution in [0.25, 0.3) is 0 Å². The van der Waals surface area contributed by atoms with Gasteiger partial charge in [-0.15, -0.1) is 0 Å². The topological polar surface area (TPSA) is 12.0 Å². The number of alkyl halides is 2. The van der Waals surface area contributed by atoms with Crippen LogP contribution in [0, 0.1) is 0 Å². The summed E-state index contributed by atoms with van der Waals surface area (Å²) >= 11 is 3.12. The van der Waals surface area contributed by atoms with E-state index >= 15 is 0 Å². The fraction of sp³-hybridized carbons (Fsp3) is 1.00. The molecular formula is C5H9BrFN. The van der Waals surface area contributed by atoms with Crippen LogP contribution < -0.4 is 5.32 Å². The highest BCUT2D eigenvalue weighted by molar-refractivity contribution is 9.09. The lowest BCUT2D eigenvalue weighted by molar-refractivity contribution is 0.226. The molecule has 0 aromatic heterocycles. The van der Waals surface area contributed by atoms with Crippen LogP contribution >= 0.6 is 15.9 Å². The molecule has 1 nitrogen and oxygen atoms in total. The second kappa shape index (κ2) is 2.31. The van der Waals surface area contributed by atoms with Crippen molar-refractivity contribution in [2.75, 3.05) is 18.4 Å². The molecule has 1 aliphatic heterocycles. The molecule has 1 fully saturated rings. The largest absolute Gasteiger partial charge is 0.313 e. The molecule has 0 spiro atoms. The first-order chi connectivity index (χ1) is 3.77. The predicted molar refractivity (Wildman–Crippen MR) is 35.1 cm³/mol. The van der Waals surface area contributed by atoms with Crippen molar-refractivity contribution in [3.05, 3.63) is 0 Å². The van der Waals surface area contributed by atoms with Gasteiger partial charge in [-0.05, 0) is 13.0 Å². The van der Waals surface area contributed by atoms with E-state index in [1.165, 1.54) is 0 Å². The summed E-state index contributed by atoms with van der Waals surface area (Å²) in [4.78, 5) is 0. The van der Waals surface area contributed by atoms with Gasteiger partial charge in [0.2, 0.25) is 0 Å². The zero-order valence-electron chi connectivity index (χ0n) is 4.58. The van der Waals surface area contributed by atoms with Gasteiger partial charge in [-0.2, -0.15) is 0 Å². The maximum absolute atomic E-state index is 12.9. The van der Waals surface area contributed by atoms with E-state index in [1.54, 1.807) is 0 Å².